The summed E-state index contributed by atoms with van der Waals surface area (Å²) in [6.07, 6.45) is 2.33. The van der Waals surface area contributed by atoms with Gasteiger partial charge in [-0.15, -0.1) is 0 Å². The Kier molecular flexibility index (Phi) is 8.18. The molecule has 0 heterocycles. The van der Waals surface area contributed by atoms with Gasteiger partial charge in [0.1, 0.15) is 0 Å². The van der Waals surface area contributed by atoms with Crippen LogP contribution in [0.2, 0.25) is 0 Å². The van der Waals surface area contributed by atoms with E-state index < -0.39 is 11.9 Å². The number of carboxylic acid groups (broad SMARTS) is 2. The fourth-order valence-corrected chi connectivity index (χ4v) is 0.118. The number of hydrogen-bond acceptors (Lipinski definition) is 3. The second-order valence-corrected chi connectivity index (χ2v) is 1.80. The molecule has 0 atom stereocenters. The Morgan fingerprint density at radius 1 is 1.50 bits per heavy atom. The summed E-state index contributed by atoms with van der Waals surface area (Å²) in [4.78, 5) is 19.0. The van der Waals surface area contributed by atoms with E-state index in [9.17, 15) is 14.7 Å². The van der Waals surface area contributed by atoms with Crippen molar-refractivity contribution in [1.29, 1.82) is 0 Å². The minimum Gasteiger partial charge on any atom is -0.545 e. The van der Waals surface area contributed by atoms with E-state index in [1.165, 1.54) is 13.0 Å². The number of hydrogen-bond donors (Lipinski definition) is 1. The van der Waals surface area contributed by atoms with Crippen molar-refractivity contribution in [3.05, 3.63) is 24.3 Å². The molecule has 0 rings (SSSR count). The summed E-state index contributed by atoms with van der Waals surface area (Å²) in [5.41, 5.74) is 0.278. The van der Waals surface area contributed by atoms with Gasteiger partial charge in [0.05, 0.1) is 5.97 Å². The first-order valence-electron chi connectivity index (χ1n) is 3.15. The lowest BCUT2D eigenvalue weighted by Crippen LogP contribution is -2.22. The number of rotatable bonds is 2. The van der Waals surface area contributed by atoms with Crippen molar-refractivity contribution in [3.8, 4) is 0 Å². The molecular weight excluding hydrogens is 160 g/mol. The minimum atomic E-state index is -1.09. The third-order valence-corrected chi connectivity index (χ3v) is 0.930. The quantitative estimate of drug-likeness (QED) is 0.591. The summed E-state index contributed by atoms with van der Waals surface area (Å²) >= 11 is 0. The highest BCUT2D eigenvalue weighted by atomic mass is 16.4. The lowest BCUT2D eigenvalue weighted by molar-refractivity contribution is -0.299. The van der Waals surface area contributed by atoms with E-state index in [1.807, 2.05) is 0 Å². The maximum atomic E-state index is 9.75. The number of allylic oxidation sites excluding steroid dienone is 1. The monoisotopic (exact) mass is 171 g/mol. The summed E-state index contributed by atoms with van der Waals surface area (Å²) < 4.78 is 0. The van der Waals surface area contributed by atoms with Crippen LogP contribution < -0.4 is 5.11 Å². The number of aliphatic carboxylic acids is 2. The zero-order chi connectivity index (χ0) is 10.1. The Bertz CT molecular complexity index is 203. The molecule has 0 aromatic heterocycles. The Morgan fingerprint density at radius 2 is 1.83 bits per heavy atom. The van der Waals surface area contributed by atoms with Gasteiger partial charge in [-0.3, -0.25) is 0 Å². The maximum absolute atomic E-state index is 9.75. The zero-order valence-corrected chi connectivity index (χ0v) is 7.03. The fourth-order valence-electron chi connectivity index (χ4n) is 0.118. The predicted molar refractivity (Wildman–Crippen MR) is 42.3 cm³/mol. The van der Waals surface area contributed by atoms with Crippen LogP contribution >= 0.6 is 0 Å². The second-order valence-electron chi connectivity index (χ2n) is 1.80. The summed E-state index contributed by atoms with van der Waals surface area (Å²) in [6.45, 7) is 6.11. The van der Waals surface area contributed by atoms with Crippen LogP contribution in [0.25, 0.3) is 0 Å². The van der Waals surface area contributed by atoms with Crippen LogP contribution in [0.15, 0.2) is 24.3 Å². The lowest BCUT2D eigenvalue weighted by atomic mass is 10.3. The number of carbonyl (C=O) groups is 2. The van der Waals surface area contributed by atoms with Crippen molar-refractivity contribution in [2.45, 2.75) is 13.8 Å². The molecule has 0 bridgehead atoms. The highest BCUT2D eigenvalue weighted by Gasteiger charge is 1.80. The third kappa shape index (κ3) is 11.2. The van der Waals surface area contributed by atoms with Crippen LogP contribution in [0.3, 0.4) is 0 Å². The molecule has 0 amide bonds. The first-order chi connectivity index (χ1) is 5.45. The molecule has 0 radical (unpaired) electrons. The predicted octanol–water partition coefficient (Wildman–Crippen LogP) is -0.0405. The maximum Gasteiger partial charge on any atom is 0.327 e. The van der Waals surface area contributed by atoms with Gasteiger partial charge in [-0.1, -0.05) is 12.7 Å². The molecule has 0 saturated carbocycles. The van der Waals surface area contributed by atoms with Crippen molar-refractivity contribution in [1.82, 2.24) is 0 Å². The van der Waals surface area contributed by atoms with E-state index in [0.717, 1.165) is 6.08 Å². The van der Waals surface area contributed by atoms with Gasteiger partial charge in [0.15, 0.2) is 0 Å². The molecule has 0 spiro atoms. The van der Waals surface area contributed by atoms with Crippen molar-refractivity contribution in [3.63, 3.8) is 0 Å². The Balaban J connectivity index is 0. The van der Waals surface area contributed by atoms with Gasteiger partial charge in [-0.2, -0.15) is 0 Å². The molecule has 68 valence electrons. The second kappa shape index (κ2) is 7.53. The largest absolute Gasteiger partial charge is 0.545 e. The Hall–Kier alpha value is -1.58. The SMILES string of the molecule is C/C=C(\C)C(=O)[O-].C=CC(=O)O. The van der Waals surface area contributed by atoms with E-state index in [1.54, 1.807) is 6.92 Å². The first-order valence-corrected chi connectivity index (χ1v) is 3.15. The molecule has 12 heavy (non-hydrogen) atoms. The van der Waals surface area contributed by atoms with Crippen molar-refractivity contribution < 1.29 is 19.8 Å². The van der Waals surface area contributed by atoms with Gasteiger partial charge in [-0.05, 0) is 19.4 Å². The molecule has 1 N–H and O–H groups in total. The number of carboxylic acids is 2. The molecule has 4 heteroatoms. The molecule has 0 fully saturated rings. The summed E-state index contributed by atoms with van der Waals surface area (Å²) in [6, 6.07) is 0. The molecule has 0 aliphatic carbocycles. The van der Waals surface area contributed by atoms with E-state index in [2.05, 4.69) is 6.58 Å². The first kappa shape index (κ1) is 13.0. The van der Waals surface area contributed by atoms with Crippen molar-refractivity contribution >= 4 is 11.9 Å². The molecule has 0 aromatic rings. The molecule has 4 nitrogen and oxygen atoms in total. The lowest BCUT2D eigenvalue weighted by Gasteiger charge is -1.96. The average molecular weight is 171 g/mol. The smallest absolute Gasteiger partial charge is 0.327 e. The van der Waals surface area contributed by atoms with Gasteiger partial charge in [0.25, 0.3) is 0 Å². The van der Waals surface area contributed by atoms with Gasteiger partial charge >= 0.3 is 5.97 Å². The van der Waals surface area contributed by atoms with Crippen LogP contribution in [-0.2, 0) is 9.59 Å². The molecule has 0 unspecified atom stereocenters. The Labute approximate surface area is 70.8 Å². The van der Waals surface area contributed by atoms with Crippen LogP contribution in [0, 0.1) is 0 Å². The normalized spacial score (nSPS) is 9.33. The van der Waals surface area contributed by atoms with Crippen LogP contribution in [0.4, 0.5) is 0 Å². The van der Waals surface area contributed by atoms with E-state index in [4.69, 9.17) is 5.11 Å². The van der Waals surface area contributed by atoms with Crippen molar-refractivity contribution in [2.75, 3.05) is 0 Å². The standard InChI is InChI=1S/C5H8O2.C3H4O2/c1-3-4(2)5(6)7;1-2-3(4)5/h3H,1-2H3,(H,6,7);2H,1H2,(H,4,5)/p-1/b4-3+;. The van der Waals surface area contributed by atoms with Crippen molar-refractivity contribution in [2.24, 2.45) is 0 Å². The highest BCUT2D eigenvalue weighted by Crippen LogP contribution is 1.85. The zero-order valence-electron chi connectivity index (χ0n) is 7.03. The van der Waals surface area contributed by atoms with E-state index in [0.29, 0.717) is 0 Å². The molecule has 0 saturated heterocycles. The molecular formula is C8H11O4-. The summed E-state index contributed by atoms with van der Waals surface area (Å²) in [7, 11) is 0. The Morgan fingerprint density at radius 3 is 1.83 bits per heavy atom. The highest BCUT2D eigenvalue weighted by molar-refractivity contribution is 5.83. The fraction of sp³-hybridized carbons (Fsp3) is 0.250. The van der Waals surface area contributed by atoms with E-state index >= 15 is 0 Å². The van der Waals surface area contributed by atoms with Gasteiger partial charge in [-0.25, -0.2) is 4.79 Å². The summed E-state index contributed by atoms with van der Waals surface area (Å²) in [5, 5.41) is 17.4. The molecule has 0 aliphatic heterocycles. The molecule has 0 aromatic carbocycles. The van der Waals surface area contributed by atoms with Gasteiger partial charge in [0, 0.05) is 6.08 Å². The minimum absolute atomic E-state index is 0.278. The van der Waals surface area contributed by atoms with E-state index in [-0.39, 0.29) is 5.57 Å². The van der Waals surface area contributed by atoms with Gasteiger partial charge in [0.2, 0.25) is 0 Å². The van der Waals surface area contributed by atoms with Crippen LogP contribution in [0.1, 0.15) is 13.8 Å². The third-order valence-electron chi connectivity index (χ3n) is 0.930. The number of carbonyl (C=O) groups excluding carboxylic acids is 1. The summed E-state index contributed by atoms with van der Waals surface area (Å²) in [5.74, 6) is -2.08. The van der Waals surface area contributed by atoms with Gasteiger partial charge < -0.3 is 15.0 Å². The average Bonchev–Trinajstić information content (AvgIpc) is 2.04. The topological polar surface area (TPSA) is 77.4 Å². The van der Waals surface area contributed by atoms with Crippen LogP contribution in [-0.4, -0.2) is 17.0 Å². The van der Waals surface area contributed by atoms with Crippen LogP contribution in [0.5, 0.6) is 0 Å². The molecule has 0 aliphatic rings.